The van der Waals surface area contributed by atoms with Crippen molar-refractivity contribution in [3.63, 3.8) is 0 Å². The van der Waals surface area contributed by atoms with Crippen LogP contribution in [-0.4, -0.2) is 23.0 Å². The number of hydrogen-bond acceptors (Lipinski definition) is 2. The number of rotatable bonds is 7. The van der Waals surface area contributed by atoms with Crippen molar-refractivity contribution in [3.05, 3.63) is 39.9 Å². The van der Waals surface area contributed by atoms with Crippen LogP contribution in [0.15, 0.2) is 24.3 Å². The minimum Gasteiger partial charge on any atom is -0.480 e. The number of carbonyl (C=O) groups is 2. The molecule has 6 heteroatoms. The zero-order valence-corrected chi connectivity index (χ0v) is 13.1. The second-order valence-electron chi connectivity index (χ2n) is 4.51. The zero-order valence-electron chi connectivity index (χ0n) is 11.6. The standard InChI is InChI=1S/C15H17Cl2NO3/c1-2-3-7-13(15(20)21)18-14(19)9-8-10-11(16)5-4-6-12(10)17/h4-6,8-9,13H,2-3,7H2,1H3,(H,18,19)(H,20,21)/b9-8+. The molecule has 21 heavy (non-hydrogen) atoms. The summed E-state index contributed by atoms with van der Waals surface area (Å²) in [7, 11) is 0. The summed E-state index contributed by atoms with van der Waals surface area (Å²) in [6.07, 6.45) is 4.70. The Bertz CT molecular complexity index is 523. The average molecular weight is 330 g/mol. The Morgan fingerprint density at radius 3 is 2.48 bits per heavy atom. The van der Waals surface area contributed by atoms with Gasteiger partial charge in [0.05, 0.1) is 0 Å². The van der Waals surface area contributed by atoms with Gasteiger partial charge < -0.3 is 10.4 Å². The summed E-state index contributed by atoms with van der Waals surface area (Å²) < 4.78 is 0. The van der Waals surface area contributed by atoms with Crippen LogP contribution < -0.4 is 5.32 Å². The summed E-state index contributed by atoms with van der Waals surface area (Å²) in [5, 5.41) is 12.3. The summed E-state index contributed by atoms with van der Waals surface area (Å²) in [5.41, 5.74) is 0.524. The Hall–Kier alpha value is -1.52. The molecule has 0 aliphatic rings. The van der Waals surface area contributed by atoms with Gasteiger partial charge in [0, 0.05) is 21.7 Å². The maximum Gasteiger partial charge on any atom is 0.326 e. The highest BCUT2D eigenvalue weighted by Gasteiger charge is 2.17. The van der Waals surface area contributed by atoms with Gasteiger partial charge >= 0.3 is 5.97 Å². The quantitative estimate of drug-likeness (QED) is 0.748. The molecule has 0 bridgehead atoms. The SMILES string of the molecule is CCCCC(NC(=O)/C=C/c1c(Cl)cccc1Cl)C(=O)O. The molecule has 0 fully saturated rings. The van der Waals surface area contributed by atoms with E-state index in [2.05, 4.69) is 5.32 Å². The molecule has 1 rings (SSSR count). The van der Waals surface area contributed by atoms with Crippen molar-refractivity contribution in [1.29, 1.82) is 0 Å². The number of carbonyl (C=O) groups excluding carboxylic acids is 1. The molecule has 114 valence electrons. The first kappa shape index (κ1) is 17.5. The van der Waals surface area contributed by atoms with E-state index in [9.17, 15) is 9.59 Å². The van der Waals surface area contributed by atoms with E-state index in [1.165, 1.54) is 12.2 Å². The molecule has 1 aromatic carbocycles. The fourth-order valence-corrected chi connectivity index (χ4v) is 2.24. The number of aliphatic carboxylic acids is 1. The topological polar surface area (TPSA) is 66.4 Å². The molecule has 0 saturated carbocycles. The Labute approximate surface area is 133 Å². The third-order valence-electron chi connectivity index (χ3n) is 2.86. The highest BCUT2D eigenvalue weighted by atomic mass is 35.5. The first-order valence-electron chi connectivity index (χ1n) is 6.61. The van der Waals surface area contributed by atoms with Crippen LogP contribution in [0.5, 0.6) is 0 Å². The second-order valence-corrected chi connectivity index (χ2v) is 5.32. The zero-order chi connectivity index (χ0) is 15.8. The fraction of sp³-hybridized carbons (Fsp3) is 0.333. The van der Waals surface area contributed by atoms with Gasteiger partial charge in [0.2, 0.25) is 5.91 Å². The number of unbranched alkanes of at least 4 members (excludes halogenated alkanes) is 1. The van der Waals surface area contributed by atoms with Gasteiger partial charge in [-0.3, -0.25) is 4.79 Å². The van der Waals surface area contributed by atoms with E-state index in [0.717, 1.165) is 12.8 Å². The van der Waals surface area contributed by atoms with Crippen LogP contribution in [0.2, 0.25) is 10.0 Å². The normalized spacial score (nSPS) is 12.3. The Morgan fingerprint density at radius 1 is 1.33 bits per heavy atom. The summed E-state index contributed by atoms with van der Waals surface area (Å²) in [6.45, 7) is 1.96. The van der Waals surface area contributed by atoms with Crippen LogP contribution in [0, 0.1) is 0 Å². The van der Waals surface area contributed by atoms with Gasteiger partial charge in [0.1, 0.15) is 6.04 Å². The lowest BCUT2D eigenvalue weighted by Crippen LogP contribution is -2.39. The Morgan fingerprint density at radius 2 is 1.95 bits per heavy atom. The van der Waals surface area contributed by atoms with E-state index in [4.69, 9.17) is 28.3 Å². The van der Waals surface area contributed by atoms with Crippen molar-refractivity contribution >= 4 is 41.2 Å². The minimum absolute atomic E-state index is 0.401. The number of benzene rings is 1. The van der Waals surface area contributed by atoms with Crippen LogP contribution in [-0.2, 0) is 9.59 Å². The molecular weight excluding hydrogens is 313 g/mol. The molecule has 1 amide bonds. The first-order chi connectivity index (χ1) is 9.95. The van der Waals surface area contributed by atoms with Crippen molar-refractivity contribution in [2.75, 3.05) is 0 Å². The van der Waals surface area contributed by atoms with E-state index in [-0.39, 0.29) is 0 Å². The van der Waals surface area contributed by atoms with Gasteiger partial charge in [-0.2, -0.15) is 0 Å². The minimum atomic E-state index is -1.04. The molecule has 0 saturated heterocycles. The van der Waals surface area contributed by atoms with E-state index < -0.39 is 17.9 Å². The Kier molecular flexibility index (Phi) is 7.26. The van der Waals surface area contributed by atoms with Crippen molar-refractivity contribution < 1.29 is 14.7 Å². The molecule has 1 atom stereocenters. The van der Waals surface area contributed by atoms with Gasteiger partial charge in [-0.1, -0.05) is 49.0 Å². The number of nitrogens with one attached hydrogen (secondary N) is 1. The van der Waals surface area contributed by atoms with Crippen LogP contribution in [0.25, 0.3) is 6.08 Å². The third-order valence-corrected chi connectivity index (χ3v) is 3.52. The molecular formula is C15H17Cl2NO3. The van der Waals surface area contributed by atoms with Crippen LogP contribution in [0.1, 0.15) is 31.7 Å². The number of carboxylic acid groups (broad SMARTS) is 1. The lowest BCUT2D eigenvalue weighted by atomic mass is 10.1. The maximum absolute atomic E-state index is 11.8. The fourth-order valence-electron chi connectivity index (χ4n) is 1.71. The predicted octanol–water partition coefficient (Wildman–Crippen LogP) is 3.77. The molecule has 4 nitrogen and oxygen atoms in total. The number of halogens is 2. The summed E-state index contributed by atoms with van der Waals surface area (Å²) in [6, 6.07) is 4.13. The molecule has 0 aromatic heterocycles. The lowest BCUT2D eigenvalue weighted by molar-refractivity contribution is -0.141. The van der Waals surface area contributed by atoms with Crippen LogP contribution in [0.4, 0.5) is 0 Å². The summed E-state index contributed by atoms with van der Waals surface area (Å²) in [4.78, 5) is 22.8. The van der Waals surface area contributed by atoms with Crippen LogP contribution >= 0.6 is 23.2 Å². The van der Waals surface area contributed by atoms with Crippen molar-refractivity contribution in [3.8, 4) is 0 Å². The molecule has 2 N–H and O–H groups in total. The number of hydrogen-bond donors (Lipinski definition) is 2. The average Bonchev–Trinajstić information content (AvgIpc) is 2.42. The van der Waals surface area contributed by atoms with Gasteiger partial charge in [0.25, 0.3) is 0 Å². The number of carboxylic acids is 1. The van der Waals surface area contributed by atoms with E-state index >= 15 is 0 Å². The van der Waals surface area contributed by atoms with Gasteiger partial charge in [-0.05, 0) is 24.6 Å². The highest BCUT2D eigenvalue weighted by Crippen LogP contribution is 2.25. The monoisotopic (exact) mass is 329 g/mol. The van der Waals surface area contributed by atoms with E-state index in [1.54, 1.807) is 18.2 Å². The van der Waals surface area contributed by atoms with Gasteiger partial charge in [0.15, 0.2) is 0 Å². The lowest BCUT2D eigenvalue weighted by Gasteiger charge is -2.12. The van der Waals surface area contributed by atoms with Crippen molar-refractivity contribution in [2.45, 2.75) is 32.2 Å². The summed E-state index contributed by atoms with van der Waals surface area (Å²) >= 11 is 12.0. The van der Waals surface area contributed by atoms with Crippen LogP contribution in [0.3, 0.4) is 0 Å². The predicted molar refractivity (Wildman–Crippen MR) is 84.6 cm³/mol. The molecule has 0 radical (unpaired) electrons. The molecule has 1 aromatic rings. The maximum atomic E-state index is 11.8. The molecule has 0 spiro atoms. The second kappa shape index (κ2) is 8.70. The molecule has 1 unspecified atom stereocenters. The molecule has 0 aliphatic carbocycles. The smallest absolute Gasteiger partial charge is 0.326 e. The first-order valence-corrected chi connectivity index (χ1v) is 7.36. The Balaban J connectivity index is 2.71. The van der Waals surface area contributed by atoms with E-state index in [1.807, 2.05) is 6.92 Å². The van der Waals surface area contributed by atoms with Crippen molar-refractivity contribution in [2.24, 2.45) is 0 Å². The highest BCUT2D eigenvalue weighted by molar-refractivity contribution is 6.37. The van der Waals surface area contributed by atoms with Gasteiger partial charge in [-0.25, -0.2) is 4.79 Å². The molecule has 0 aliphatic heterocycles. The number of amides is 1. The largest absolute Gasteiger partial charge is 0.480 e. The van der Waals surface area contributed by atoms with E-state index in [0.29, 0.717) is 22.0 Å². The molecule has 0 heterocycles. The third kappa shape index (κ3) is 5.78. The summed E-state index contributed by atoms with van der Waals surface area (Å²) in [5.74, 6) is -1.53. The van der Waals surface area contributed by atoms with Crippen molar-refractivity contribution in [1.82, 2.24) is 5.32 Å². The van der Waals surface area contributed by atoms with Gasteiger partial charge in [-0.15, -0.1) is 0 Å².